The molecule has 0 saturated carbocycles. The largest absolute Gasteiger partial charge is 0.493 e. The number of hydrogen-bond acceptors (Lipinski definition) is 6. The maximum atomic E-state index is 12.4. The maximum Gasteiger partial charge on any atom is 0.338 e. The Labute approximate surface area is 189 Å². The molecule has 0 aromatic heterocycles. The first-order valence-electron chi connectivity index (χ1n) is 11.1. The molecule has 0 unspecified atom stereocenters. The Morgan fingerprint density at radius 3 is 2.53 bits per heavy atom. The number of carbonyl (C=O) groups excluding carboxylic acids is 2. The zero-order chi connectivity index (χ0) is 22.9. The van der Waals surface area contributed by atoms with E-state index < -0.39 is 5.97 Å². The molecule has 1 N–H and O–H groups in total. The summed E-state index contributed by atoms with van der Waals surface area (Å²) in [4.78, 5) is 27.1. The molecule has 7 nitrogen and oxygen atoms in total. The molecule has 1 heterocycles. The van der Waals surface area contributed by atoms with Gasteiger partial charge in [-0.15, -0.1) is 0 Å². The summed E-state index contributed by atoms with van der Waals surface area (Å²) in [6, 6.07) is 10.8. The average Bonchev–Trinajstić information content (AvgIpc) is 3.34. The molecule has 172 valence electrons. The van der Waals surface area contributed by atoms with Crippen LogP contribution in [0.1, 0.15) is 48.5 Å². The molecule has 32 heavy (non-hydrogen) atoms. The van der Waals surface area contributed by atoms with Crippen molar-refractivity contribution in [3.63, 3.8) is 0 Å². The molecule has 1 aliphatic rings. The summed E-state index contributed by atoms with van der Waals surface area (Å²) in [5, 5.41) is 2.82. The number of rotatable bonds is 10. The number of nitrogens with zero attached hydrogens (tertiary/aromatic N) is 1. The maximum absolute atomic E-state index is 12.4. The Kier molecular flexibility index (Phi) is 8.36. The van der Waals surface area contributed by atoms with Crippen molar-refractivity contribution in [2.24, 2.45) is 0 Å². The summed E-state index contributed by atoms with van der Waals surface area (Å²) in [7, 11) is 1.52. The number of anilines is 2. The monoisotopic (exact) mass is 440 g/mol. The Morgan fingerprint density at radius 2 is 1.84 bits per heavy atom. The molecular weight excluding hydrogens is 408 g/mol. The molecule has 2 aromatic carbocycles. The van der Waals surface area contributed by atoms with Gasteiger partial charge in [0.2, 0.25) is 0 Å². The molecule has 0 radical (unpaired) electrons. The minimum Gasteiger partial charge on any atom is -0.493 e. The standard InChI is InChI=1S/C25H32N2O5/c1-4-5-14-31-22-11-8-19(16-23(22)30-3)25(29)32-17-24(28)26-21-10-9-20(15-18(21)2)27-12-6-7-13-27/h8-11,15-16H,4-7,12-14,17H2,1-3H3,(H,26,28). The second-order valence-electron chi connectivity index (χ2n) is 7.89. The lowest BCUT2D eigenvalue weighted by molar-refractivity contribution is -0.119. The van der Waals surface area contributed by atoms with Crippen LogP contribution >= 0.6 is 0 Å². The van der Waals surface area contributed by atoms with Crippen LogP contribution in [0.2, 0.25) is 0 Å². The number of amides is 1. The Morgan fingerprint density at radius 1 is 1.06 bits per heavy atom. The fourth-order valence-corrected chi connectivity index (χ4v) is 3.60. The quantitative estimate of drug-likeness (QED) is 0.431. The van der Waals surface area contributed by atoms with Crippen LogP contribution in [-0.4, -0.2) is 45.3 Å². The smallest absolute Gasteiger partial charge is 0.338 e. The van der Waals surface area contributed by atoms with Crippen LogP contribution < -0.4 is 19.7 Å². The lowest BCUT2D eigenvalue weighted by Gasteiger charge is -2.19. The highest BCUT2D eigenvalue weighted by Crippen LogP contribution is 2.29. The van der Waals surface area contributed by atoms with Crippen molar-refractivity contribution in [3.8, 4) is 11.5 Å². The van der Waals surface area contributed by atoms with Crippen molar-refractivity contribution in [2.45, 2.75) is 39.5 Å². The molecule has 0 atom stereocenters. The second-order valence-corrected chi connectivity index (χ2v) is 7.89. The lowest BCUT2D eigenvalue weighted by atomic mass is 10.1. The minimum atomic E-state index is -0.598. The molecule has 0 spiro atoms. The summed E-state index contributed by atoms with van der Waals surface area (Å²) < 4.78 is 16.2. The highest BCUT2D eigenvalue weighted by Gasteiger charge is 2.16. The van der Waals surface area contributed by atoms with Crippen molar-refractivity contribution >= 4 is 23.3 Å². The molecule has 2 aromatic rings. The third kappa shape index (κ3) is 6.15. The van der Waals surface area contributed by atoms with E-state index in [4.69, 9.17) is 14.2 Å². The molecule has 0 aliphatic carbocycles. The molecule has 7 heteroatoms. The van der Waals surface area contributed by atoms with Crippen LogP contribution in [-0.2, 0) is 9.53 Å². The van der Waals surface area contributed by atoms with E-state index in [9.17, 15) is 9.59 Å². The van der Waals surface area contributed by atoms with Crippen LogP contribution in [0.5, 0.6) is 11.5 Å². The van der Waals surface area contributed by atoms with E-state index in [1.807, 2.05) is 19.1 Å². The molecule has 3 rings (SSSR count). The van der Waals surface area contributed by atoms with Crippen LogP contribution in [0.4, 0.5) is 11.4 Å². The fourth-order valence-electron chi connectivity index (χ4n) is 3.60. The highest BCUT2D eigenvalue weighted by molar-refractivity contribution is 5.96. The first-order valence-corrected chi connectivity index (χ1v) is 11.1. The number of esters is 1. The lowest BCUT2D eigenvalue weighted by Crippen LogP contribution is -2.22. The van der Waals surface area contributed by atoms with E-state index >= 15 is 0 Å². The van der Waals surface area contributed by atoms with Crippen LogP contribution in [0, 0.1) is 6.92 Å². The van der Waals surface area contributed by atoms with E-state index in [0.717, 1.165) is 31.5 Å². The van der Waals surface area contributed by atoms with Crippen molar-refractivity contribution in [1.82, 2.24) is 0 Å². The number of benzene rings is 2. The van der Waals surface area contributed by atoms with Gasteiger partial charge in [-0.25, -0.2) is 4.79 Å². The normalized spacial score (nSPS) is 13.0. The summed E-state index contributed by atoms with van der Waals surface area (Å²) in [5.41, 5.74) is 3.14. The molecule has 0 bridgehead atoms. The van der Waals surface area contributed by atoms with Gasteiger partial charge in [0.25, 0.3) is 5.91 Å². The molecule has 1 aliphatic heterocycles. The number of hydrogen-bond donors (Lipinski definition) is 1. The topological polar surface area (TPSA) is 77.1 Å². The number of unbranched alkanes of at least 4 members (excludes halogenated alkanes) is 1. The summed E-state index contributed by atoms with van der Waals surface area (Å²) in [6.45, 7) is 6.38. The van der Waals surface area contributed by atoms with Gasteiger partial charge < -0.3 is 24.4 Å². The third-order valence-corrected chi connectivity index (χ3v) is 5.44. The predicted octanol–water partition coefficient (Wildman–Crippen LogP) is 4.58. The van der Waals surface area contributed by atoms with Gasteiger partial charge in [-0.2, -0.15) is 0 Å². The summed E-state index contributed by atoms with van der Waals surface area (Å²) >= 11 is 0. The van der Waals surface area contributed by atoms with Gasteiger partial charge in [-0.3, -0.25) is 4.79 Å². The Hall–Kier alpha value is -3.22. The van der Waals surface area contributed by atoms with Gasteiger partial charge in [0.1, 0.15) is 0 Å². The summed E-state index contributed by atoms with van der Waals surface area (Å²) in [6.07, 6.45) is 4.38. The number of aryl methyl sites for hydroxylation is 1. The van der Waals surface area contributed by atoms with Crippen molar-refractivity contribution in [3.05, 3.63) is 47.5 Å². The highest BCUT2D eigenvalue weighted by atomic mass is 16.5. The van der Waals surface area contributed by atoms with Crippen LogP contribution in [0.15, 0.2) is 36.4 Å². The third-order valence-electron chi connectivity index (χ3n) is 5.44. The van der Waals surface area contributed by atoms with Crippen molar-refractivity contribution in [2.75, 3.05) is 43.6 Å². The van der Waals surface area contributed by atoms with Crippen LogP contribution in [0.25, 0.3) is 0 Å². The van der Waals surface area contributed by atoms with E-state index in [0.29, 0.717) is 29.4 Å². The fraction of sp³-hybridized carbons (Fsp3) is 0.440. The van der Waals surface area contributed by atoms with Gasteiger partial charge in [0.15, 0.2) is 18.1 Å². The van der Waals surface area contributed by atoms with Gasteiger partial charge in [-0.05, 0) is 68.1 Å². The molecule has 1 fully saturated rings. The van der Waals surface area contributed by atoms with Gasteiger partial charge >= 0.3 is 5.97 Å². The molecular formula is C25H32N2O5. The van der Waals surface area contributed by atoms with Crippen molar-refractivity contribution < 1.29 is 23.8 Å². The zero-order valence-corrected chi connectivity index (χ0v) is 19.1. The Balaban J connectivity index is 1.53. The summed E-state index contributed by atoms with van der Waals surface area (Å²) in [5.74, 6) is 0.0401. The molecule has 1 amide bonds. The number of carbonyl (C=O) groups is 2. The van der Waals surface area contributed by atoms with Gasteiger partial charge in [-0.1, -0.05) is 13.3 Å². The zero-order valence-electron chi connectivity index (χ0n) is 19.1. The van der Waals surface area contributed by atoms with Crippen molar-refractivity contribution in [1.29, 1.82) is 0 Å². The SMILES string of the molecule is CCCCOc1ccc(C(=O)OCC(=O)Nc2ccc(N3CCCC3)cc2C)cc1OC. The van der Waals surface area contributed by atoms with Gasteiger partial charge in [0.05, 0.1) is 19.3 Å². The Bertz CT molecular complexity index is 938. The average molecular weight is 441 g/mol. The van der Waals surface area contributed by atoms with Gasteiger partial charge in [0, 0.05) is 24.5 Å². The number of nitrogens with one attached hydrogen (secondary N) is 1. The van der Waals surface area contributed by atoms with E-state index in [1.165, 1.54) is 25.6 Å². The van der Waals surface area contributed by atoms with E-state index in [-0.39, 0.29) is 12.5 Å². The number of methoxy groups -OCH3 is 1. The molecule has 1 saturated heterocycles. The van der Waals surface area contributed by atoms with Crippen LogP contribution in [0.3, 0.4) is 0 Å². The predicted molar refractivity (Wildman–Crippen MR) is 125 cm³/mol. The number of ether oxygens (including phenoxy) is 3. The van der Waals surface area contributed by atoms with E-state index in [2.05, 4.69) is 23.2 Å². The first-order chi connectivity index (χ1) is 15.5. The minimum absolute atomic E-state index is 0.295. The first kappa shape index (κ1) is 23.4. The van der Waals surface area contributed by atoms with E-state index in [1.54, 1.807) is 18.2 Å². The second kappa shape index (κ2) is 11.4.